The molecule has 9 heteroatoms. The van der Waals surface area contributed by atoms with Crippen LogP contribution < -0.4 is 25.6 Å². The predicted molar refractivity (Wildman–Crippen MR) is 180 cm³/mol. The number of fused-ring (bicyclic) bond motifs is 4. The molecule has 6 aromatic carbocycles. The van der Waals surface area contributed by atoms with Crippen molar-refractivity contribution in [3.8, 4) is 60.1 Å². The van der Waals surface area contributed by atoms with Crippen molar-refractivity contribution < 1.29 is 4.74 Å². The van der Waals surface area contributed by atoms with Crippen LogP contribution in [0.2, 0.25) is 0 Å². The first-order valence-electron chi connectivity index (χ1n) is 14.3. The molecule has 0 unspecified atom stereocenters. The van der Waals surface area contributed by atoms with E-state index < -0.39 is 0 Å². The van der Waals surface area contributed by atoms with Crippen LogP contribution in [0.4, 0.5) is 0 Å². The molecule has 220 valence electrons. The van der Waals surface area contributed by atoms with Gasteiger partial charge in [0.1, 0.15) is 82.3 Å². The third kappa shape index (κ3) is 4.82. The van der Waals surface area contributed by atoms with Gasteiger partial charge in [0.25, 0.3) is 0 Å². The molecule has 0 aliphatic heterocycles. The summed E-state index contributed by atoms with van der Waals surface area (Å²) in [6.07, 6.45) is 0. The molecule has 0 fully saturated rings. The number of hydrogen-bond donors (Lipinski definition) is 0. The minimum absolute atomic E-state index is 0.144. The molecule has 9 nitrogen and oxygen atoms in total. The van der Waals surface area contributed by atoms with E-state index in [1.54, 1.807) is 84.9 Å². The highest BCUT2D eigenvalue weighted by Gasteiger charge is 2.16. The van der Waals surface area contributed by atoms with Gasteiger partial charge in [0.05, 0.1) is 0 Å². The Hall–Kier alpha value is -8.44. The van der Waals surface area contributed by atoms with Gasteiger partial charge < -0.3 is 4.74 Å². The zero-order valence-corrected chi connectivity index (χ0v) is 25.1. The Bertz CT molecular complexity index is 2840. The molecule has 0 amide bonds. The summed E-state index contributed by atoms with van der Waals surface area (Å²) in [6.45, 7) is 0. The van der Waals surface area contributed by atoms with Crippen LogP contribution in [0.25, 0.3) is 65.4 Å². The molecular formula is C40H14N8O. The van der Waals surface area contributed by atoms with E-state index in [0.717, 1.165) is 0 Å². The van der Waals surface area contributed by atoms with Crippen LogP contribution in [0.3, 0.4) is 0 Å². The number of nitrogens with zero attached hydrogens (tertiary/aromatic N) is 8. The fourth-order valence-corrected chi connectivity index (χ4v) is 6.20. The topological polar surface area (TPSA) is 200 Å². The lowest BCUT2D eigenvalue weighted by molar-refractivity contribution is 0.484. The fourth-order valence-electron chi connectivity index (χ4n) is 6.20. The van der Waals surface area contributed by atoms with Gasteiger partial charge in [-0.25, -0.2) is 0 Å². The average Bonchev–Trinajstić information content (AvgIpc) is 3.14. The van der Waals surface area contributed by atoms with Gasteiger partial charge in [0.2, 0.25) is 0 Å². The third-order valence-electron chi connectivity index (χ3n) is 8.12. The number of rotatable bonds is 2. The Morgan fingerprint density at radius 2 is 0.571 bits per heavy atom. The van der Waals surface area contributed by atoms with Crippen LogP contribution in [0.1, 0.15) is 0 Å². The first-order valence-corrected chi connectivity index (χ1v) is 14.3. The van der Waals surface area contributed by atoms with Crippen molar-refractivity contribution in [2.45, 2.75) is 0 Å². The van der Waals surface area contributed by atoms with Crippen molar-refractivity contribution in [1.82, 2.24) is 0 Å². The molecule has 6 rings (SSSR count). The SMILES string of the molecule is N#CC(C#N)=c1c2ccccc2c(=C(C#N)C#N)c2cc(Oc3ccc4c(=C(C#N)C#N)c5ccccc5c(=C(C#N)C#N)c4c3)ccc12. The molecule has 6 aromatic rings. The minimum atomic E-state index is -0.173. The van der Waals surface area contributed by atoms with Gasteiger partial charge in [-0.2, -0.15) is 42.1 Å². The van der Waals surface area contributed by atoms with Crippen molar-refractivity contribution >= 4 is 65.4 Å². The highest BCUT2D eigenvalue weighted by atomic mass is 16.5. The third-order valence-corrected chi connectivity index (χ3v) is 8.12. The van der Waals surface area contributed by atoms with E-state index in [2.05, 4.69) is 0 Å². The maximum absolute atomic E-state index is 9.92. The zero-order chi connectivity index (χ0) is 34.7. The van der Waals surface area contributed by atoms with Crippen LogP contribution in [-0.2, 0) is 0 Å². The lowest BCUT2D eigenvalue weighted by Gasteiger charge is -2.13. The molecule has 0 saturated carbocycles. The summed E-state index contributed by atoms with van der Waals surface area (Å²) in [5.74, 6) is 0.544. The summed E-state index contributed by atoms with van der Waals surface area (Å²) in [5.41, 5.74) is -0.633. The van der Waals surface area contributed by atoms with Crippen molar-refractivity contribution in [1.29, 1.82) is 42.1 Å². The van der Waals surface area contributed by atoms with Gasteiger partial charge in [-0.1, -0.05) is 48.5 Å². The normalized spacial score (nSPS) is 9.88. The van der Waals surface area contributed by atoms with E-state index in [9.17, 15) is 42.1 Å². The highest BCUT2D eigenvalue weighted by Crippen LogP contribution is 2.28. The molecule has 0 spiro atoms. The van der Waals surface area contributed by atoms with Gasteiger partial charge >= 0.3 is 0 Å². The largest absolute Gasteiger partial charge is 0.457 e. The second-order valence-corrected chi connectivity index (χ2v) is 10.5. The molecule has 0 aliphatic rings. The summed E-state index contributed by atoms with van der Waals surface area (Å²) >= 11 is 0. The Morgan fingerprint density at radius 1 is 0.327 bits per heavy atom. The van der Waals surface area contributed by atoms with E-state index in [1.165, 1.54) is 0 Å². The van der Waals surface area contributed by atoms with Gasteiger partial charge in [0.15, 0.2) is 0 Å². The maximum atomic E-state index is 9.92. The van der Waals surface area contributed by atoms with Crippen LogP contribution in [0.5, 0.6) is 11.5 Å². The smallest absolute Gasteiger partial charge is 0.138 e. The summed E-state index contributed by atoms with van der Waals surface area (Å²) in [4.78, 5) is 0. The van der Waals surface area contributed by atoms with Crippen LogP contribution in [0, 0.1) is 90.6 Å². The molecule has 0 saturated heterocycles. The highest BCUT2D eigenvalue weighted by molar-refractivity contribution is 6.07. The lowest BCUT2D eigenvalue weighted by Crippen LogP contribution is -2.18. The van der Waals surface area contributed by atoms with Crippen molar-refractivity contribution in [2.75, 3.05) is 0 Å². The van der Waals surface area contributed by atoms with Crippen molar-refractivity contribution in [3.05, 3.63) is 106 Å². The van der Waals surface area contributed by atoms with Crippen LogP contribution in [-0.4, -0.2) is 0 Å². The first-order chi connectivity index (χ1) is 24.0. The zero-order valence-electron chi connectivity index (χ0n) is 25.1. The number of nitriles is 8. The van der Waals surface area contributed by atoms with Crippen molar-refractivity contribution in [2.24, 2.45) is 0 Å². The van der Waals surface area contributed by atoms with Crippen LogP contribution >= 0.6 is 0 Å². The molecule has 0 radical (unpaired) electrons. The summed E-state index contributed by atoms with van der Waals surface area (Å²) in [7, 11) is 0. The number of hydrogen-bond acceptors (Lipinski definition) is 9. The molecular weight excluding hydrogens is 608 g/mol. The Morgan fingerprint density at radius 3 is 0.837 bits per heavy atom. The monoisotopic (exact) mass is 622 g/mol. The average molecular weight is 623 g/mol. The molecule has 0 heterocycles. The minimum Gasteiger partial charge on any atom is -0.457 e. The second kappa shape index (κ2) is 12.5. The Labute approximate surface area is 277 Å². The Kier molecular flexibility index (Phi) is 7.81. The first kappa shape index (κ1) is 30.6. The summed E-state index contributed by atoms with van der Waals surface area (Å²) in [6, 6.07) is 39.2. The van der Waals surface area contributed by atoms with Gasteiger partial charge in [-0.15, -0.1) is 0 Å². The quantitative estimate of drug-likeness (QED) is 0.241. The van der Waals surface area contributed by atoms with Crippen molar-refractivity contribution in [3.63, 3.8) is 0 Å². The number of benzene rings is 6. The standard InChI is InChI=1S/C40H14N8O/c41-15-23(16-42)37-29-5-1-3-7-31(29)39(25(19-45)20-46)35-13-27(9-11-33(35)37)49-28-10-12-34-36(14-28)40(26(21-47)22-48)32-8-4-2-6-30(32)38(34)24(17-43)18-44/h1-14H. The predicted octanol–water partition coefficient (Wildman–Crippen LogP) is 4.88. The van der Waals surface area contributed by atoms with Gasteiger partial charge in [-0.3, -0.25) is 0 Å². The molecule has 0 aromatic heterocycles. The molecule has 0 aliphatic carbocycles. The Balaban J connectivity index is 1.74. The summed E-state index contributed by atoms with van der Waals surface area (Å²) in [5, 5.41) is 84.1. The molecule has 0 N–H and O–H groups in total. The second-order valence-electron chi connectivity index (χ2n) is 10.5. The van der Waals surface area contributed by atoms with Gasteiger partial charge in [0, 0.05) is 20.9 Å². The van der Waals surface area contributed by atoms with E-state index in [4.69, 9.17) is 4.74 Å². The molecule has 0 bridgehead atoms. The summed E-state index contributed by atoms with van der Waals surface area (Å²) < 4.78 is 6.30. The van der Waals surface area contributed by atoms with E-state index >= 15 is 0 Å². The van der Waals surface area contributed by atoms with Gasteiger partial charge in [-0.05, 0) is 79.5 Å². The lowest BCUT2D eigenvalue weighted by atomic mass is 9.93. The molecule has 0 atom stereocenters. The van der Waals surface area contributed by atoms with E-state index in [-0.39, 0.29) is 33.8 Å². The van der Waals surface area contributed by atoms with E-state index in [1.807, 2.05) is 48.6 Å². The van der Waals surface area contributed by atoms with E-state index in [0.29, 0.717) is 64.0 Å². The van der Waals surface area contributed by atoms with Crippen LogP contribution in [0.15, 0.2) is 84.9 Å². The molecule has 49 heavy (non-hydrogen) atoms. The fraction of sp³-hybridized carbons (Fsp3) is 0. The maximum Gasteiger partial charge on any atom is 0.138 e. The number of ether oxygens (including phenoxy) is 1.